The summed E-state index contributed by atoms with van der Waals surface area (Å²) >= 11 is 1.19. The van der Waals surface area contributed by atoms with Crippen molar-refractivity contribution in [2.45, 2.75) is 38.7 Å². The summed E-state index contributed by atoms with van der Waals surface area (Å²) in [4.78, 5) is 11.0. The molecule has 1 aliphatic carbocycles. The summed E-state index contributed by atoms with van der Waals surface area (Å²) in [6.07, 6.45) is 5.22. The van der Waals surface area contributed by atoms with Gasteiger partial charge in [0.05, 0.1) is 18.4 Å². The second-order valence-corrected chi connectivity index (χ2v) is 5.25. The molecule has 6 heteroatoms. The Bertz CT molecular complexity index is 413. The lowest BCUT2D eigenvalue weighted by Gasteiger charge is -2.11. The first-order chi connectivity index (χ1) is 8.68. The topological polar surface area (TPSA) is 71.5 Å². The lowest BCUT2D eigenvalue weighted by molar-refractivity contribution is 0.0656. The van der Waals surface area contributed by atoms with Crippen molar-refractivity contribution < 1.29 is 14.6 Å². The van der Waals surface area contributed by atoms with Crippen LogP contribution in [0.15, 0.2) is 0 Å². The highest BCUT2D eigenvalue weighted by atomic mass is 32.1. The Morgan fingerprint density at radius 3 is 2.94 bits per heavy atom. The van der Waals surface area contributed by atoms with Gasteiger partial charge in [0.2, 0.25) is 0 Å². The van der Waals surface area contributed by atoms with Crippen LogP contribution in [0.1, 0.15) is 41.7 Å². The normalized spacial score (nSPS) is 16.1. The number of rotatable bonds is 6. The summed E-state index contributed by atoms with van der Waals surface area (Å²) in [6, 6.07) is 0. The van der Waals surface area contributed by atoms with Crippen molar-refractivity contribution in [3.8, 4) is 0 Å². The van der Waals surface area contributed by atoms with Crippen molar-refractivity contribution in [1.29, 1.82) is 0 Å². The van der Waals surface area contributed by atoms with Crippen molar-refractivity contribution in [1.82, 2.24) is 4.37 Å². The Morgan fingerprint density at radius 1 is 1.56 bits per heavy atom. The molecule has 0 saturated heterocycles. The summed E-state index contributed by atoms with van der Waals surface area (Å²) in [7, 11) is 0. The predicted molar refractivity (Wildman–Crippen MR) is 70.5 cm³/mol. The van der Waals surface area contributed by atoms with Gasteiger partial charge >= 0.3 is 5.97 Å². The zero-order valence-corrected chi connectivity index (χ0v) is 11.3. The quantitative estimate of drug-likeness (QED) is 0.777. The van der Waals surface area contributed by atoms with E-state index in [-0.39, 0.29) is 5.56 Å². The van der Waals surface area contributed by atoms with Gasteiger partial charge in [-0.15, -0.1) is 0 Å². The highest BCUT2D eigenvalue weighted by Crippen LogP contribution is 2.24. The smallest absolute Gasteiger partial charge is 0.340 e. The molecule has 0 aromatic carbocycles. The summed E-state index contributed by atoms with van der Waals surface area (Å²) in [5, 5.41) is 12.8. The number of nitrogens with one attached hydrogen (secondary N) is 1. The fourth-order valence-corrected chi connectivity index (χ4v) is 3.00. The standard InChI is InChI=1S/C12H18N2O3S/c1-8-10(12(15)16)11(18-14-8)13-6-7-17-9-4-2-3-5-9/h9,13H,2-7H2,1H3,(H,15,16). The van der Waals surface area contributed by atoms with E-state index in [1.54, 1.807) is 6.92 Å². The lowest BCUT2D eigenvalue weighted by atomic mass is 10.2. The minimum absolute atomic E-state index is 0.279. The number of anilines is 1. The maximum Gasteiger partial charge on any atom is 0.340 e. The van der Waals surface area contributed by atoms with E-state index in [0.29, 0.717) is 30.0 Å². The van der Waals surface area contributed by atoms with Crippen LogP contribution >= 0.6 is 11.5 Å². The largest absolute Gasteiger partial charge is 0.478 e. The minimum Gasteiger partial charge on any atom is -0.478 e. The molecule has 0 amide bonds. The van der Waals surface area contributed by atoms with E-state index >= 15 is 0 Å². The van der Waals surface area contributed by atoms with Crippen molar-refractivity contribution >= 4 is 22.5 Å². The monoisotopic (exact) mass is 270 g/mol. The van der Waals surface area contributed by atoms with E-state index in [4.69, 9.17) is 9.84 Å². The first-order valence-electron chi connectivity index (χ1n) is 6.23. The Kier molecular flexibility index (Phi) is 4.54. The van der Waals surface area contributed by atoms with Crippen LogP contribution in [0.25, 0.3) is 0 Å². The number of hydrogen-bond acceptors (Lipinski definition) is 5. The molecular formula is C12H18N2O3S. The van der Waals surface area contributed by atoms with Gasteiger partial charge in [-0.05, 0) is 31.3 Å². The van der Waals surface area contributed by atoms with Gasteiger partial charge in [0.25, 0.3) is 0 Å². The summed E-state index contributed by atoms with van der Waals surface area (Å²) in [6.45, 7) is 2.94. The number of hydrogen-bond donors (Lipinski definition) is 2. The van der Waals surface area contributed by atoms with E-state index in [0.717, 1.165) is 12.8 Å². The number of aromatic carboxylic acids is 1. The van der Waals surface area contributed by atoms with Gasteiger partial charge in [-0.2, -0.15) is 4.37 Å². The van der Waals surface area contributed by atoms with Crippen LogP contribution in [-0.4, -0.2) is 34.7 Å². The molecule has 100 valence electrons. The van der Waals surface area contributed by atoms with Gasteiger partial charge in [-0.1, -0.05) is 12.8 Å². The van der Waals surface area contributed by atoms with Crippen molar-refractivity contribution in [2.24, 2.45) is 0 Å². The Balaban J connectivity index is 1.77. The molecule has 0 radical (unpaired) electrons. The van der Waals surface area contributed by atoms with Gasteiger partial charge in [0, 0.05) is 6.54 Å². The average Bonchev–Trinajstić information content (AvgIpc) is 2.94. The number of aryl methyl sites for hydroxylation is 1. The number of carboxylic acid groups (broad SMARTS) is 1. The van der Waals surface area contributed by atoms with E-state index in [2.05, 4.69) is 9.69 Å². The van der Waals surface area contributed by atoms with Gasteiger partial charge in [-0.3, -0.25) is 0 Å². The molecular weight excluding hydrogens is 252 g/mol. The third kappa shape index (κ3) is 3.20. The maximum atomic E-state index is 11.0. The van der Waals surface area contributed by atoms with E-state index in [1.807, 2.05) is 0 Å². The van der Waals surface area contributed by atoms with Crippen LogP contribution in [0.3, 0.4) is 0 Å². The molecule has 1 aliphatic rings. The minimum atomic E-state index is -0.930. The van der Waals surface area contributed by atoms with Gasteiger partial charge in [0.15, 0.2) is 0 Å². The van der Waals surface area contributed by atoms with Crippen LogP contribution in [-0.2, 0) is 4.74 Å². The SMILES string of the molecule is Cc1nsc(NCCOC2CCCC2)c1C(=O)O. The lowest BCUT2D eigenvalue weighted by Crippen LogP contribution is -2.16. The first kappa shape index (κ1) is 13.3. The van der Waals surface area contributed by atoms with Crippen LogP contribution < -0.4 is 5.32 Å². The summed E-state index contributed by atoms with van der Waals surface area (Å²) in [5.41, 5.74) is 0.840. The molecule has 1 aromatic heterocycles. The zero-order valence-electron chi connectivity index (χ0n) is 10.4. The first-order valence-corrected chi connectivity index (χ1v) is 7.01. The average molecular weight is 270 g/mol. The van der Waals surface area contributed by atoms with Gasteiger partial charge in [0.1, 0.15) is 10.6 Å². The van der Waals surface area contributed by atoms with Crippen LogP contribution in [0.4, 0.5) is 5.00 Å². The molecule has 0 atom stereocenters. The van der Waals surface area contributed by atoms with Crippen molar-refractivity contribution in [3.05, 3.63) is 11.3 Å². The van der Waals surface area contributed by atoms with Crippen LogP contribution in [0.5, 0.6) is 0 Å². The number of carbonyl (C=O) groups is 1. The van der Waals surface area contributed by atoms with Crippen molar-refractivity contribution in [2.75, 3.05) is 18.5 Å². The molecule has 2 rings (SSSR count). The molecule has 1 aromatic rings. The Hall–Kier alpha value is -1.14. The van der Waals surface area contributed by atoms with Crippen molar-refractivity contribution in [3.63, 3.8) is 0 Å². The number of aromatic nitrogens is 1. The second kappa shape index (κ2) is 6.15. The molecule has 18 heavy (non-hydrogen) atoms. The van der Waals surface area contributed by atoms with Crippen LogP contribution in [0.2, 0.25) is 0 Å². The van der Waals surface area contributed by atoms with E-state index in [1.165, 1.54) is 24.4 Å². The molecule has 0 spiro atoms. The van der Waals surface area contributed by atoms with Gasteiger partial charge in [-0.25, -0.2) is 4.79 Å². The molecule has 0 aliphatic heterocycles. The molecule has 0 bridgehead atoms. The third-order valence-electron chi connectivity index (χ3n) is 3.12. The Morgan fingerprint density at radius 2 is 2.28 bits per heavy atom. The van der Waals surface area contributed by atoms with E-state index in [9.17, 15) is 4.79 Å². The number of carboxylic acids is 1. The Labute approximate surface area is 110 Å². The summed E-state index contributed by atoms with van der Waals surface area (Å²) in [5.74, 6) is -0.930. The molecule has 5 nitrogen and oxygen atoms in total. The van der Waals surface area contributed by atoms with Crippen LogP contribution in [0, 0.1) is 6.92 Å². The maximum absolute atomic E-state index is 11.0. The predicted octanol–water partition coefficient (Wildman–Crippen LogP) is 2.52. The zero-order chi connectivity index (χ0) is 13.0. The fraction of sp³-hybridized carbons (Fsp3) is 0.667. The molecule has 1 saturated carbocycles. The molecule has 1 fully saturated rings. The highest BCUT2D eigenvalue weighted by Gasteiger charge is 2.18. The summed E-state index contributed by atoms with van der Waals surface area (Å²) < 4.78 is 9.76. The molecule has 1 heterocycles. The third-order valence-corrected chi connectivity index (χ3v) is 4.02. The van der Waals surface area contributed by atoms with E-state index < -0.39 is 5.97 Å². The number of ether oxygens (including phenoxy) is 1. The number of nitrogens with zero attached hydrogens (tertiary/aromatic N) is 1. The molecule has 2 N–H and O–H groups in total. The highest BCUT2D eigenvalue weighted by molar-refractivity contribution is 7.10. The second-order valence-electron chi connectivity index (χ2n) is 4.48. The molecule has 0 unspecified atom stereocenters. The van der Waals surface area contributed by atoms with Gasteiger partial charge < -0.3 is 15.2 Å². The fourth-order valence-electron chi connectivity index (χ4n) is 2.19.